The molecule has 12 heteroatoms. The Hall–Kier alpha value is -4.97. The van der Waals surface area contributed by atoms with Crippen LogP contribution in [0.3, 0.4) is 0 Å². The lowest BCUT2D eigenvalue weighted by molar-refractivity contribution is -0.0147. The minimum atomic E-state index is -4.20. The van der Waals surface area contributed by atoms with Gasteiger partial charge in [-0.3, -0.25) is 4.79 Å². The smallest absolute Gasteiger partial charge is 0.410 e. The number of ether oxygens (including phenoxy) is 2. The lowest BCUT2D eigenvalue weighted by atomic mass is 9.97. The van der Waals surface area contributed by atoms with E-state index in [0.717, 1.165) is 22.3 Å². The highest BCUT2D eigenvalue weighted by molar-refractivity contribution is 7.92. The molecule has 1 aromatic heterocycles. The number of amides is 2. The molecule has 4 bridgehead atoms. The maximum atomic E-state index is 14.3. The Morgan fingerprint density at radius 2 is 1.67 bits per heavy atom. The Kier molecular flexibility index (Phi) is 8.86. The normalized spacial score (nSPS) is 19.1. The van der Waals surface area contributed by atoms with E-state index in [1.165, 1.54) is 18.2 Å². The predicted molar refractivity (Wildman–Crippen MR) is 181 cm³/mol. The first-order valence-electron chi connectivity index (χ1n) is 15.9. The third kappa shape index (κ3) is 7.13. The molecule has 48 heavy (non-hydrogen) atoms. The molecule has 1 saturated heterocycles. The number of aromatic nitrogens is 2. The van der Waals surface area contributed by atoms with Crippen molar-refractivity contribution in [2.75, 3.05) is 24.4 Å². The van der Waals surface area contributed by atoms with Crippen molar-refractivity contribution >= 4 is 28.0 Å². The zero-order valence-electron chi connectivity index (χ0n) is 27.6. The lowest BCUT2D eigenvalue weighted by Crippen LogP contribution is -2.62. The summed E-state index contributed by atoms with van der Waals surface area (Å²) >= 11 is 0. The van der Waals surface area contributed by atoms with E-state index < -0.39 is 33.9 Å². The molecule has 2 amide bonds. The van der Waals surface area contributed by atoms with Crippen LogP contribution in [-0.4, -0.2) is 77.6 Å². The number of fused-ring (bicyclic) bond motifs is 5. The second-order valence-electron chi connectivity index (χ2n) is 13.2. The van der Waals surface area contributed by atoms with E-state index in [-0.39, 0.29) is 47.8 Å². The average molecular weight is 670 g/mol. The minimum Gasteiger partial charge on any atom is -0.472 e. The number of hydrogen-bond acceptors (Lipinski definition) is 8. The number of piperazine rings is 1. The molecule has 0 aliphatic carbocycles. The summed E-state index contributed by atoms with van der Waals surface area (Å²) in [6, 6.07) is 22.5. The van der Waals surface area contributed by atoms with E-state index in [0.29, 0.717) is 12.1 Å². The van der Waals surface area contributed by atoms with Crippen LogP contribution in [0, 0.1) is 13.8 Å². The molecule has 2 aliphatic rings. The summed E-state index contributed by atoms with van der Waals surface area (Å²) in [6.45, 7) is 9.85. The SMILES string of the molecule is Cc1cccc(C)c1-c1cc2nc(n1)NS(=O)(=O)c1cccc(c1)C(=O)N1CCN(C(=O)OC(C)(C)C)CC1C(Cc1ccccc1)O2. The van der Waals surface area contributed by atoms with E-state index in [1.54, 1.807) is 42.7 Å². The molecule has 2 unspecified atom stereocenters. The van der Waals surface area contributed by atoms with Crippen LogP contribution in [0.1, 0.15) is 47.8 Å². The van der Waals surface area contributed by atoms with Crippen molar-refractivity contribution in [3.8, 4) is 17.1 Å². The van der Waals surface area contributed by atoms with Crippen LogP contribution in [0.15, 0.2) is 83.8 Å². The van der Waals surface area contributed by atoms with Crippen LogP contribution in [0.4, 0.5) is 10.7 Å². The van der Waals surface area contributed by atoms with Crippen LogP contribution < -0.4 is 9.46 Å². The number of rotatable bonds is 3. The molecule has 2 atom stereocenters. The van der Waals surface area contributed by atoms with E-state index in [4.69, 9.17) is 9.47 Å². The Morgan fingerprint density at radius 3 is 2.38 bits per heavy atom. The van der Waals surface area contributed by atoms with E-state index in [2.05, 4.69) is 14.7 Å². The Morgan fingerprint density at radius 1 is 0.958 bits per heavy atom. The highest BCUT2D eigenvalue weighted by atomic mass is 32.2. The van der Waals surface area contributed by atoms with E-state index in [9.17, 15) is 18.0 Å². The highest BCUT2D eigenvalue weighted by Crippen LogP contribution is 2.32. The van der Waals surface area contributed by atoms with Gasteiger partial charge in [0.1, 0.15) is 11.7 Å². The third-order valence-corrected chi connectivity index (χ3v) is 9.69. The first kappa shape index (κ1) is 33.0. The molecule has 2 aliphatic heterocycles. The molecular formula is C36H39N5O6S. The number of anilines is 1. The zero-order chi connectivity index (χ0) is 34.2. The maximum absolute atomic E-state index is 14.3. The molecule has 0 radical (unpaired) electrons. The maximum Gasteiger partial charge on any atom is 0.410 e. The summed E-state index contributed by atoms with van der Waals surface area (Å²) in [5.74, 6) is -0.430. The number of nitrogens with zero attached hydrogens (tertiary/aromatic N) is 4. The number of benzene rings is 3. The van der Waals surface area contributed by atoms with Crippen molar-refractivity contribution in [3.63, 3.8) is 0 Å². The standard InChI is InChI=1S/C36H39N5O6S/c1-23-11-9-12-24(2)32(23)28-21-31-38-34(37-28)39-48(44,45)27-16-10-15-26(20-27)33(42)41-18-17-40(35(43)47-36(3,4)5)22-29(41)30(46-31)19-25-13-7-6-8-14-25/h6-16,20-21,29-30H,17-19,22H2,1-5H3,(H,37,38,39). The van der Waals surface area contributed by atoms with Gasteiger partial charge in [0, 0.05) is 43.2 Å². The van der Waals surface area contributed by atoms with Crippen molar-refractivity contribution in [2.24, 2.45) is 0 Å². The largest absolute Gasteiger partial charge is 0.472 e. The fraction of sp³-hybridized carbons (Fsp3) is 0.333. The predicted octanol–water partition coefficient (Wildman–Crippen LogP) is 5.63. The van der Waals surface area contributed by atoms with E-state index >= 15 is 0 Å². The van der Waals surface area contributed by atoms with Crippen molar-refractivity contribution in [1.29, 1.82) is 0 Å². The molecule has 6 rings (SSSR count). The minimum absolute atomic E-state index is 0.110. The quantitative estimate of drug-likeness (QED) is 0.297. The average Bonchev–Trinajstić information content (AvgIpc) is 3.03. The summed E-state index contributed by atoms with van der Waals surface area (Å²) in [6.07, 6.45) is -0.841. The number of carbonyl (C=O) groups is 2. The van der Waals surface area contributed by atoms with Gasteiger partial charge in [0.05, 0.1) is 16.6 Å². The van der Waals surface area contributed by atoms with Crippen LogP contribution in [0.2, 0.25) is 0 Å². The molecule has 1 N–H and O–H groups in total. The monoisotopic (exact) mass is 669 g/mol. The van der Waals surface area contributed by atoms with Gasteiger partial charge < -0.3 is 19.3 Å². The summed E-state index contributed by atoms with van der Waals surface area (Å²) in [4.78, 5) is 39.9. The summed E-state index contributed by atoms with van der Waals surface area (Å²) in [5, 5.41) is 0. The van der Waals surface area contributed by atoms with Gasteiger partial charge >= 0.3 is 6.09 Å². The molecule has 11 nitrogen and oxygen atoms in total. The molecule has 3 aromatic carbocycles. The molecule has 0 saturated carbocycles. The number of aryl methyl sites for hydroxylation is 2. The number of nitrogens with one attached hydrogen (secondary N) is 1. The molecule has 1 fully saturated rings. The Labute approximate surface area is 281 Å². The number of carbonyl (C=O) groups excluding carboxylic acids is 2. The van der Waals surface area contributed by atoms with Crippen LogP contribution >= 0.6 is 0 Å². The molecule has 3 heterocycles. The Balaban J connectivity index is 1.53. The second kappa shape index (κ2) is 12.9. The summed E-state index contributed by atoms with van der Waals surface area (Å²) in [5.41, 5.74) is 3.60. The fourth-order valence-corrected chi connectivity index (χ4v) is 7.14. The summed E-state index contributed by atoms with van der Waals surface area (Å²) < 4.78 is 42.3. The van der Waals surface area contributed by atoms with Gasteiger partial charge in [-0.2, -0.15) is 4.98 Å². The van der Waals surface area contributed by atoms with Gasteiger partial charge in [-0.15, -0.1) is 0 Å². The molecule has 0 spiro atoms. The Bertz CT molecular complexity index is 1940. The van der Waals surface area contributed by atoms with Gasteiger partial charge in [-0.05, 0) is 69.5 Å². The van der Waals surface area contributed by atoms with Crippen molar-refractivity contribution in [3.05, 3.63) is 101 Å². The van der Waals surface area contributed by atoms with Gasteiger partial charge in [0.15, 0.2) is 0 Å². The second-order valence-corrected chi connectivity index (χ2v) is 14.8. The van der Waals surface area contributed by atoms with Gasteiger partial charge in [-0.25, -0.2) is 22.9 Å². The lowest BCUT2D eigenvalue weighted by Gasteiger charge is -2.44. The zero-order valence-corrected chi connectivity index (χ0v) is 28.5. The van der Waals surface area contributed by atoms with Crippen molar-refractivity contribution in [1.82, 2.24) is 19.8 Å². The van der Waals surface area contributed by atoms with Gasteiger partial charge in [0.2, 0.25) is 11.8 Å². The number of sulfonamides is 1. The first-order valence-corrected chi connectivity index (χ1v) is 17.3. The molecule has 4 aromatic rings. The van der Waals surface area contributed by atoms with Crippen LogP contribution in [-0.2, 0) is 21.2 Å². The first-order chi connectivity index (χ1) is 22.8. The third-order valence-electron chi connectivity index (χ3n) is 8.37. The highest BCUT2D eigenvalue weighted by Gasteiger charge is 2.41. The summed E-state index contributed by atoms with van der Waals surface area (Å²) in [7, 11) is -4.20. The van der Waals surface area contributed by atoms with E-state index in [1.807, 2.05) is 62.4 Å². The fourth-order valence-electron chi connectivity index (χ4n) is 6.15. The number of hydrogen-bond donors (Lipinski definition) is 1. The van der Waals surface area contributed by atoms with Crippen molar-refractivity contribution in [2.45, 2.75) is 63.7 Å². The topological polar surface area (TPSA) is 131 Å². The molecular weight excluding hydrogens is 630 g/mol. The molecule has 250 valence electrons. The van der Waals surface area contributed by atoms with Crippen LogP contribution in [0.5, 0.6) is 5.88 Å². The van der Waals surface area contributed by atoms with Crippen LogP contribution in [0.25, 0.3) is 11.3 Å². The van der Waals surface area contributed by atoms with Gasteiger partial charge in [-0.1, -0.05) is 54.6 Å². The van der Waals surface area contributed by atoms with Gasteiger partial charge in [0.25, 0.3) is 15.9 Å². The van der Waals surface area contributed by atoms with Crippen molar-refractivity contribution < 1.29 is 27.5 Å².